The summed E-state index contributed by atoms with van der Waals surface area (Å²) >= 11 is 0. The molecule has 0 heterocycles. The predicted molar refractivity (Wildman–Crippen MR) is 188 cm³/mol. The van der Waals surface area contributed by atoms with Crippen molar-refractivity contribution in [3.05, 3.63) is 60.8 Å². The van der Waals surface area contributed by atoms with Crippen LogP contribution < -0.4 is 0 Å². The van der Waals surface area contributed by atoms with E-state index in [-0.39, 0.29) is 19.4 Å². The second-order valence-corrected chi connectivity index (χ2v) is 12.8. The second-order valence-electron chi connectivity index (χ2n) is 11.5. The van der Waals surface area contributed by atoms with E-state index in [1.54, 1.807) is 0 Å². The van der Waals surface area contributed by atoms with Crippen LogP contribution in [0.1, 0.15) is 142 Å². The number of rotatable bonds is 31. The summed E-state index contributed by atoms with van der Waals surface area (Å²) in [6.07, 6.45) is 39.4. The average Bonchev–Trinajstić information content (AvgIpc) is 3.02. The van der Waals surface area contributed by atoms with E-state index in [2.05, 4.69) is 48.8 Å². The first-order chi connectivity index (χ1) is 22.3. The van der Waals surface area contributed by atoms with Gasteiger partial charge in [0.2, 0.25) is 0 Å². The van der Waals surface area contributed by atoms with Gasteiger partial charge in [0, 0.05) is 12.8 Å². The first-order valence-corrected chi connectivity index (χ1v) is 19.2. The van der Waals surface area contributed by atoms with Gasteiger partial charge in [0.15, 0.2) is 6.10 Å². The number of carbonyl (C=O) groups is 2. The molecule has 0 saturated carbocycles. The van der Waals surface area contributed by atoms with Crippen LogP contribution in [-0.2, 0) is 28.2 Å². The van der Waals surface area contributed by atoms with Gasteiger partial charge in [-0.2, -0.15) is 0 Å². The summed E-state index contributed by atoms with van der Waals surface area (Å²) in [6, 6.07) is 0. The molecule has 0 aromatic heterocycles. The molecule has 8 nitrogen and oxygen atoms in total. The Labute approximate surface area is 279 Å². The molecule has 0 radical (unpaired) electrons. The lowest BCUT2D eigenvalue weighted by Crippen LogP contribution is -2.29. The fourth-order valence-corrected chi connectivity index (χ4v) is 4.85. The van der Waals surface area contributed by atoms with Gasteiger partial charge in [-0.25, -0.2) is 4.57 Å². The molecule has 264 valence electrons. The maximum absolute atomic E-state index is 12.3. The van der Waals surface area contributed by atoms with Crippen molar-refractivity contribution >= 4 is 19.8 Å². The number of allylic oxidation sites excluding steroid dienone is 10. The number of unbranched alkanes of at least 4 members (excludes halogenated alkanes) is 14. The zero-order valence-corrected chi connectivity index (χ0v) is 29.6. The number of hydrogen-bond acceptors (Lipinski definition) is 6. The minimum atomic E-state index is -4.76. The van der Waals surface area contributed by atoms with Gasteiger partial charge >= 0.3 is 19.8 Å². The van der Waals surface area contributed by atoms with Crippen LogP contribution >= 0.6 is 7.82 Å². The van der Waals surface area contributed by atoms with E-state index in [0.29, 0.717) is 12.8 Å². The highest BCUT2D eigenvalue weighted by Gasteiger charge is 2.22. The van der Waals surface area contributed by atoms with Crippen molar-refractivity contribution in [2.45, 2.75) is 148 Å². The topological polar surface area (TPSA) is 119 Å². The maximum atomic E-state index is 12.3. The highest BCUT2D eigenvalue weighted by Crippen LogP contribution is 2.35. The molecule has 46 heavy (non-hydrogen) atoms. The third kappa shape index (κ3) is 34.6. The third-order valence-corrected chi connectivity index (χ3v) is 7.60. The summed E-state index contributed by atoms with van der Waals surface area (Å²) in [5.74, 6) is -0.929. The van der Waals surface area contributed by atoms with E-state index >= 15 is 0 Å². The number of phosphoric ester groups is 1. The molecule has 0 bridgehead atoms. The molecule has 0 spiro atoms. The first-order valence-electron chi connectivity index (χ1n) is 17.6. The highest BCUT2D eigenvalue weighted by atomic mass is 31.2. The fourth-order valence-electron chi connectivity index (χ4n) is 4.49. The van der Waals surface area contributed by atoms with Crippen molar-refractivity contribution in [2.75, 3.05) is 13.2 Å². The van der Waals surface area contributed by atoms with Gasteiger partial charge in [0.25, 0.3) is 0 Å². The van der Waals surface area contributed by atoms with Gasteiger partial charge in [-0.1, -0.05) is 132 Å². The zero-order valence-electron chi connectivity index (χ0n) is 28.7. The molecule has 0 saturated heterocycles. The average molecular weight is 667 g/mol. The van der Waals surface area contributed by atoms with E-state index in [1.807, 2.05) is 30.4 Å². The molecule has 0 unspecified atom stereocenters. The van der Waals surface area contributed by atoms with Crippen LogP contribution in [0.5, 0.6) is 0 Å². The Balaban J connectivity index is 4.07. The Kier molecular flexibility index (Phi) is 31.1. The summed E-state index contributed by atoms with van der Waals surface area (Å²) in [4.78, 5) is 42.6. The van der Waals surface area contributed by atoms with Gasteiger partial charge in [-0.15, -0.1) is 0 Å². The lowest BCUT2D eigenvalue weighted by atomic mass is 10.1. The third-order valence-electron chi connectivity index (χ3n) is 7.11. The summed E-state index contributed by atoms with van der Waals surface area (Å²) in [7, 11) is -4.76. The molecule has 0 fully saturated rings. The molecule has 0 aliphatic rings. The Hall–Kier alpha value is -2.25. The SMILES string of the molecule is CC/C=C/C=C/C=C/C=C/CCCCCCCC(=O)OC[C@H](COP(=O)(O)O)OC(=O)CCCCCCC/C=C/CCCCCC. The van der Waals surface area contributed by atoms with Crippen LogP contribution in [0.4, 0.5) is 0 Å². The van der Waals surface area contributed by atoms with Gasteiger partial charge < -0.3 is 19.3 Å². The molecular formula is C37H63O8P. The van der Waals surface area contributed by atoms with Crippen LogP contribution in [-0.4, -0.2) is 41.0 Å². The normalized spacial score (nSPS) is 13.2. The molecule has 0 amide bonds. The smallest absolute Gasteiger partial charge is 0.462 e. The largest absolute Gasteiger partial charge is 0.469 e. The first kappa shape index (κ1) is 43.8. The number of esters is 2. The summed E-state index contributed by atoms with van der Waals surface area (Å²) in [5, 5.41) is 0. The molecule has 0 aromatic carbocycles. The molecule has 9 heteroatoms. The fraction of sp³-hybridized carbons (Fsp3) is 0.676. The van der Waals surface area contributed by atoms with Gasteiger partial charge in [-0.3, -0.25) is 14.1 Å². The van der Waals surface area contributed by atoms with Gasteiger partial charge in [-0.05, 0) is 57.8 Å². The molecular weight excluding hydrogens is 603 g/mol. The maximum Gasteiger partial charge on any atom is 0.469 e. The molecule has 0 aliphatic heterocycles. The van der Waals surface area contributed by atoms with Crippen LogP contribution in [0.2, 0.25) is 0 Å². The van der Waals surface area contributed by atoms with E-state index in [1.165, 1.54) is 25.7 Å². The predicted octanol–water partition coefficient (Wildman–Crippen LogP) is 10.2. The van der Waals surface area contributed by atoms with Gasteiger partial charge in [0.1, 0.15) is 6.61 Å². The Morgan fingerprint density at radius 2 is 1.07 bits per heavy atom. The summed E-state index contributed by atoms with van der Waals surface area (Å²) in [5.41, 5.74) is 0. The highest BCUT2D eigenvalue weighted by molar-refractivity contribution is 7.46. The van der Waals surface area contributed by atoms with Crippen molar-refractivity contribution in [3.63, 3.8) is 0 Å². The van der Waals surface area contributed by atoms with Crippen LogP contribution in [0.15, 0.2) is 60.8 Å². The van der Waals surface area contributed by atoms with E-state index in [4.69, 9.17) is 19.3 Å². The summed E-state index contributed by atoms with van der Waals surface area (Å²) in [6.45, 7) is 3.47. The lowest BCUT2D eigenvalue weighted by molar-refractivity contribution is -0.161. The van der Waals surface area contributed by atoms with Crippen molar-refractivity contribution in [2.24, 2.45) is 0 Å². The van der Waals surface area contributed by atoms with Crippen LogP contribution in [0.3, 0.4) is 0 Å². The second kappa shape index (κ2) is 32.7. The lowest BCUT2D eigenvalue weighted by Gasteiger charge is -2.18. The van der Waals surface area contributed by atoms with E-state index in [9.17, 15) is 14.2 Å². The number of phosphoric acid groups is 1. The van der Waals surface area contributed by atoms with Crippen LogP contribution in [0.25, 0.3) is 0 Å². The van der Waals surface area contributed by atoms with Crippen molar-refractivity contribution in [1.82, 2.24) is 0 Å². The Morgan fingerprint density at radius 1 is 0.587 bits per heavy atom. The zero-order chi connectivity index (χ0) is 34.0. The summed E-state index contributed by atoms with van der Waals surface area (Å²) < 4.78 is 26.2. The molecule has 0 aliphatic carbocycles. The minimum absolute atomic E-state index is 0.193. The minimum Gasteiger partial charge on any atom is -0.462 e. The van der Waals surface area contributed by atoms with Gasteiger partial charge in [0.05, 0.1) is 6.61 Å². The van der Waals surface area contributed by atoms with Crippen molar-refractivity contribution < 1.29 is 37.9 Å². The van der Waals surface area contributed by atoms with E-state index < -0.39 is 32.5 Å². The Morgan fingerprint density at radius 3 is 1.63 bits per heavy atom. The van der Waals surface area contributed by atoms with Crippen molar-refractivity contribution in [3.8, 4) is 0 Å². The number of carbonyl (C=O) groups excluding carboxylic acids is 2. The van der Waals surface area contributed by atoms with Crippen molar-refractivity contribution in [1.29, 1.82) is 0 Å². The number of hydrogen-bond donors (Lipinski definition) is 2. The molecule has 0 rings (SSSR count). The quantitative estimate of drug-likeness (QED) is 0.0247. The van der Waals surface area contributed by atoms with Crippen LogP contribution in [0, 0.1) is 0 Å². The molecule has 0 aromatic rings. The molecule has 2 N–H and O–H groups in total. The standard InChI is InChI=1S/C37H63O8P/c1-3-5-7-9-11-13-15-17-18-20-21-23-25-27-29-31-36(38)43-33-35(34-44-46(40,41)42)45-37(39)32-30-28-26-24-22-19-16-14-12-10-8-6-4-2/h5,7,9,11,13-18,35H,3-4,6,8,10,12,19-34H2,1-2H3,(H2,40,41,42)/b7-5+,11-9+,15-13+,16-14+,18-17+/t35-/m1/s1. The number of ether oxygens (including phenoxy) is 2. The molecule has 1 atom stereocenters. The monoisotopic (exact) mass is 666 g/mol. The van der Waals surface area contributed by atoms with E-state index in [0.717, 1.165) is 77.0 Å². The Bertz CT molecular complexity index is 932.